The molecule has 3 aromatic rings. The largest absolute Gasteiger partial charge is 0.573 e. The third-order valence-corrected chi connectivity index (χ3v) is 5.87. The van der Waals surface area contributed by atoms with E-state index in [1.54, 1.807) is 25.3 Å². The molecule has 0 aliphatic rings. The highest BCUT2D eigenvalue weighted by Crippen LogP contribution is 2.26. The average Bonchev–Trinajstić information content (AvgIpc) is 2.73. The van der Waals surface area contributed by atoms with Crippen molar-refractivity contribution in [2.24, 2.45) is 0 Å². The summed E-state index contributed by atoms with van der Waals surface area (Å²) in [5.41, 5.74) is 1.12. The second-order valence-electron chi connectivity index (χ2n) is 7.01. The minimum Gasteiger partial charge on any atom is -0.406 e. The van der Waals surface area contributed by atoms with Gasteiger partial charge in [-0.1, -0.05) is 30.3 Å². The van der Waals surface area contributed by atoms with Crippen molar-refractivity contribution < 1.29 is 31.1 Å². The molecule has 2 aromatic carbocycles. The molecule has 174 valence electrons. The van der Waals surface area contributed by atoms with E-state index in [9.17, 15) is 26.4 Å². The molecule has 7 nitrogen and oxygen atoms in total. The molecule has 1 amide bonds. The van der Waals surface area contributed by atoms with E-state index in [1.165, 1.54) is 48.7 Å². The number of rotatable bonds is 8. The van der Waals surface area contributed by atoms with Crippen LogP contribution >= 0.6 is 0 Å². The highest BCUT2D eigenvalue weighted by Gasteiger charge is 2.32. The quantitative estimate of drug-likeness (QED) is 0.508. The zero-order valence-corrected chi connectivity index (χ0v) is 18.2. The summed E-state index contributed by atoms with van der Waals surface area (Å²) in [6.07, 6.45) is -1.89. The number of para-hydroxylation sites is 1. The molecule has 0 saturated heterocycles. The summed E-state index contributed by atoms with van der Waals surface area (Å²) in [5, 5.41) is 2.54. The number of amides is 1. The number of aromatic nitrogens is 1. The van der Waals surface area contributed by atoms with Gasteiger partial charge in [0.25, 0.3) is 15.9 Å². The van der Waals surface area contributed by atoms with Gasteiger partial charge in [0.2, 0.25) is 0 Å². The zero-order chi connectivity index (χ0) is 24.1. The molecule has 11 heteroatoms. The summed E-state index contributed by atoms with van der Waals surface area (Å²) in [6, 6.07) is 12.8. The van der Waals surface area contributed by atoms with Crippen LogP contribution in [0.1, 0.15) is 21.5 Å². The van der Waals surface area contributed by atoms with Gasteiger partial charge in [0.15, 0.2) is 0 Å². The number of aryl methyl sites for hydroxylation is 1. The molecule has 2 N–H and O–H groups in total. The third kappa shape index (κ3) is 6.69. The monoisotopic (exact) mass is 479 g/mol. The average molecular weight is 479 g/mol. The molecular weight excluding hydrogens is 459 g/mol. The molecule has 0 aliphatic heterocycles. The first-order chi connectivity index (χ1) is 15.5. The van der Waals surface area contributed by atoms with E-state index in [2.05, 4.69) is 19.8 Å². The van der Waals surface area contributed by atoms with Crippen LogP contribution in [0.25, 0.3) is 0 Å². The maximum absolute atomic E-state index is 12.9. The summed E-state index contributed by atoms with van der Waals surface area (Å²) >= 11 is 0. The Labute approximate surface area is 188 Å². The number of hydrogen-bond donors (Lipinski definition) is 2. The normalized spacial score (nSPS) is 11.6. The van der Waals surface area contributed by atoms with Crippen molar-refractivity contribution in [3.63, 3.8) is 0 Å². The zero-order valence-electron chi connectivity index (χ0n) is 17.4. The predicted molar refractivity (Wildman–Crippen MR) is 115 cm³/mol. The summed E-state index contributed by atoms with van der Waals surface area (Å²) in [5.74, 6) is -1.05. The lowest BCUT2D eigenvalue weighted by atomic mass is 10.1. The van der Waals surface area contributed by atoms with E-state index in [4.69, 9.17) is 0 Å². The Balaban J connectivity index is 1.72. The van der Waals surface area contributed by atoms with Crippen LogP contribution in [-0.4, -0.2) is 32.2 Å². The molecular formula is C22H20F3N3O4S. The number of sulfonamides is 1. The van der Waals surface area contributed by atoms with Gasteiger partial charge in [0.05, 0.1) is 17.4 Å². The molecule has 0 fully saturated rings. The summed E-state index contributed by atoms with van der Waals surface area (Å²) in [7, 11) is -4.11. The Hall–Kier alpha value is -3.60. The van der Waals surface area contributed by atoms with Crippen LogP contribution in [0.5, 0.6) is 5.75 Å². The number of carbonyl (C=O) groups is 1. The van der Waals surface area contributed by atoms with Crippen LogP contribution < -0.4 is 14.8 Å². The SMILES string of the molecule is Cc1cncc(NS(=O)(=O)c2ccccc2C(=O)NCCc2ccccc2OC(F)(F)F)c1. The van der Waals surface area contributed by atoms with Crippen molar-refractivity contribution in [1.29, 1.82) is 0 Å². The molecule has 0 saturated carbocycles. The van der Waals surface area contributed by atoms with Crippen LogP contribution in [0.3, 0.4) is 0 Å². The molecule has 0 unspecified atom stereocenters. The summed E-state index contributed by atoms with van der Waals surface area (Å²) < 4.78 is 69.8. The van der Waals surface area contributed by atoms with E-state index in [0.717, 1.165) is 5.56 Å². The first-order valence-corrected chi connectivity index (χ1v) is 11.2. The van der Waals surface area contributed by atoms with Crippen molar-refractivity contribution in [3.8, 4) is 5.75 Å². The lowest BCUT2D eigenvalue weighted by Gasteiger charge is -2.14. The number of hydrogen-bond acceptors (Lipinski definition) is 5. The predicted octanol–water partition coefficient (Wildman–Crippen LogP) is 4.06. The molecule has 0 spiro atoms. The van der Waals surface area contributed by atoms with E-state index in [-0.39, 0.29) is 40.4 Å². The fourth-order valence-corrected chi connectivity index (χ4v) is 4.29. The first-order valence-electron chi connectivity index (χ1n) is 9.70. The lowest BCUT2D eigenvalue weighted by Crippen LogP contribution is -2.28. The maximum atomic E-state index is 12.9. The van der Waals surface area contributed by atoms with E-state index < -0.39 is 22.3 Å². The Morgan fingerprint density at radius 3 is 2.48 bits per heavy atom. The number of carbonyl (C=O) groups excluding carboxylic acids is 1. The van der Waals surface area contributed by atoms with Gasteiger partial charge < -0.3 is 10.1 Å². The number of nitrogens with one attached hydrogen (secondary N) is 2. The van der Waals surface area contributed by atoms with E-state index >= 15 is 0 Å². The van der Waals surface area contributed by atoms with Gasteiger partial charge in [-0.3, -0.25) is 14.5 Å². The molecule has 33 heavy (non-hydrogen) atoms. The minimum atomic E-state index is -4.84. The third-order valence-electron chi connectivity index (χ3n) is 4.43. The number of halogens is 3. The number of benzene rings is 2. The molecule has 1 aromatic heterocycles. The Morgan fingerprint density at radius 1 is 1.06 bits per heavy atom. The number of alkyl halides is 3. The Kier molecular flexibility index (Phi) is 7.22. The second kappa shape index (κ2) is 9.90. The van der Waals surface area contributed by atoms with Crippen molar-refractivity contribution in [3.05, 3.63) is 83.7 Å². The van der Waals surface area contributed by atoms with Gasteiger partial charge in [-0.15, -0.1) is 13.2 Å². The van der Waals surface area contributed by atoms with Crippen molar-refractivity contribution >= 4 is 21.6 Å². The highest BCUT2D eigenvalue weighted by atomic mass is 32.2. The number of anilines is 1. The van der Waals surface area contributed by atoms with Gasteiger partial charge >= 0.3 is 6.36 Å². The molecule has 0 radical (unpaired) electrons. The van der Waals surface area contributed by atoms with Crippen LogP contribution in [0, 0.1) is 6.92 Å². The topological polar surface area (TPSA) is 97.4 Å². The van der Waals surface area contributed by atoms with Gasteiger partial charge in [-0.25, -0.2) is 8.42 Å². The second-order valence-corrected chi connectivity index (χ2v) is 8.66. The van der Waals surface area contributed by atoms with Gasteiger partial charge in [0.1, 0.15) is 10.6 Å². The maximum Gasteiger partial charge on any atom is 0.573 e. The van der Waals surface area contributed by atoms with E-state index in [1.807, 2.05) is 0 Å². The van der Waals surface area contributed by atoms with E-state index in [0.29, 0.717) is 0 Å². The summed E-state index contributed by atoms with van der Waals surface area (Å²) in [6.45, 7) is 1.71. The molecule has 0 atom stereocenters. The van der Waals surface area contributed by atoms with Gasteiger partial charge in [0, 0.05) is 12.7 Å². The Bertz CT molecular complexity index is 1250. The van der Waals surface area contributed by atoms with Crippen LogP contribution in [0.2, 0.25) is 0 Å². The van der Waals surface area contributed by atoms with Gasteiger partial charge in [-0.05, 0) is 48.7 Å². The fraction of sp³-hybridized carbons (Fsp3) is 0.182. The standard InChI is InChI=1S/C22H20F3N3O4S/c1-15-12-17(14-26-13-15)28-33(30,31)20-9-5-3-7-18(20)21(29)27-11-10-16-6-2-4-8-19(16)32-22(23,24)25/h2-9,12-14,28H,10-11H2,1H3,(H,27,29). The fourth-order valence-electron chi connectivity index (χ4n) is 3.05. The molecule has 1 heterocycles. The van der Waals surface area contributed by atoms with Crippen LogP contribution in [-0.2, 0) is 16.4 Å². The minimum absolute atomic E-state index is 0.0410. The number of pyridine rings is 1. The smallest absolute Gasteiger partial charge is 0.406 e. The molecule has 0 aliphatic carbocycles. The van der Waals surface area contributed by atoms with Crippen LogP contribution in [0.4, 0.5) is 18.9 Å². The van der Waals surface area contributed by atoms with Crippen molar-refractivity contribution in [2.75, 3.05) is 11.3 Å². The van der Waals surface area contributed by atoms with Crippen molar-refractivity contribution in [1.82, 2.24) is 10.3 Å². The Morgan fingerprint density at radius 2 is 1.76 bits per heavy atom. The molecule has 3 rings (SSSR count). The lowest BCUT2D eigenvalue weighted by molar-refractivity contribution is -0.274. The highest BCUT2D eigenvalue weighted by molar-refractivity contribution is 7.92. The van der Waals surface area contributed by atoms with Crippen molar-refractivity contribution in [2.45, 2.75) is 24.6 Å². The number of ether oxygens (including phenoxy) is 1. The summed E-state index contributed by atoms with van der Waals surface area (Å²) in [4.78, 5) is 16.4. The molecule has 0 bridgehead atoms. The van der Waals surface area contributed by atoms with Crippen LogP contribution in [0.15, 0.2) is 71.9 Å². The first kappa shape index (κ1) is 24.1. The number of nitrogens with zero attached hydrogens (tertiary/aromatic N) is 1. The van der Waals surface area contributed by atoms with Gasteiger partial charge in [-0.2, -0.15) is 0 Å².